The normalized spacial score (nSPS) is 13.6. The van der Waals surface area contributed by atoms with Gasteiger partial charge in [-0.05, 0) is 5.56 Å². The van der Waals surface area contributed by atoms with Crippen LogP contribution in [0.2, 0.25) is 0 Å². The van der Waals surface area contributed by atoms with Crippen molar-refractivity contribution in [3.8, 4) is 11.8 Å². The lowest BCUT2D eigenvalue weighted by Gasteiger charge is -2.24. The van der Waals surface area contributed by atoms with Crippen LogP contribution in [0.5, 0.6) is 0 Å². The molecule has 2 aromatic heterocycles. The monoisotopic (exact) mass is 325 g/mol. The van der Waals surface area contributed by atoms with Crippen LogP contribution in [0.25, 0.3) is 11.8 Å². The fraction of sp³-hybridized carbons (Fsp3) is 0.235. The van der Waals surface area contributed by atoms with Crippen molar-refractivity contribution in [2.24, 2.45) is 0 Å². The van der Waals surface area contributed by atoms with Crippen LogP contribution in [-0.4, -0.2) is 27.5 Å². The van der Waals surface area contributed by atoms with Gasteiger partial charge in [0.1, 0.15) is 24.3 Å². The molecular weight excluding hydrogens is 310 g/mol. The van der Waals surface area contributed by atoms with Crippen LogP contribution in [0.3, 0.4) is 0 Å². The number of benzene rings is 1. The molecule has 0 spiro atoms. The Hall–Kier alpha value is -3.09. The van der Waals surface area contributed by atoms with E-state index in [0.717, 1.165) is 11.3 Å². The molecule has 1 aromatic carbocycles. The molecule has 0 fully saturated rings. The first-order chi connectivity index (χ1) is 11.8. The fourth-order valence-electron chi connectivity index (χ4n) is 2.59. The van der Waals surface area contributed by atoms with Gasteiger partial charge in [0.15, 0.2) is 0 Å². The first kappa shape index (κ1) is 14.5. The van der Waals surface area contributed by atoms with Crippen molar-refractivity contribution in [2.75, 3.05) is 6.54 Å². The van der Waals surface area contributed by atoms with Crippen molar-refractivity contribution in [3.05, 3.63) is 59.8 Å². The molecule has 122 valence electrons. The Morgan fingerprint density at radius 1 is 1.25 bits per heavy atom. The molecule has 4 rings (SSSR count). The minimum absolute atomic E-state index is 0.253. The topological polar surface area (TPSA) is 81.6 Å². The van der Waals surface area contributed by atoms with E-state index in [0.29, 0.717) is 37.0 Å². The third-order valence-electron chi connectivity index (χ3n) is 3.81. The van der Waals surface area contributed by atoms with Gasteiger partial charge in [0, 0.05) is 13.0 Å². The molecule has 7 nitrogen and oxygen atoms in total. The third-order valence-corrected chi connectivity index (χ3v) is 3.81. The number of amides is 1. The second-order valence-corrected chi connectivity index (χ2v) is 5.44. The molecule has 24 heavy (non-hydrogen) atoms. The van der Waals surface area contributed by atoms with Crippen molar-refractivity contribution in [3.63, 3.8) is 0 Å². The average molecular weight is 325 g/mol. The molecule has 0 radical (unpaired) electrons. The van der Waals surface area contributed by atoms with Crippen molar-refractivity contribution in [2.45, 2.75) is 19.6 Å². The smallest absolute Gasteiger partial charge is 0.410 e. The highest BCUT2D eigenvalue weighted by Gasteiger charge is 2.27. The number of hydrogen-bond donors (Lipinski definition) is 0. The Labute approximate surface area is 137 Å². The summed E-state index contributed by atoms with van der Waals surface area (Å²) in [6, 6.07) is 9.59. The minimum atomic E-state index is -0.356. The van der Waals surface area contributed by atoms with E-state index in [4.69, 9.17) is 13.6 Å². The van der Waals surface area contributed by atoms with Crippen LogP contribution in [0.4, 0.5) is 4.79 Å². The molecule has 0 saturated heterocycles. The molecule has 3 heterocycles. The van der Waals surface area contributed by atoms with Crippen molar-refractivity contribution in [1.29, 1.82) is 0 Å². The number of carbonyl (C=O) groups excluding carboxylic acids is 1. The van der Waals surface area contributed by atoms with Crippen molar-refractivity contribution in [1.82, 2.24) is 14.9 Å². The lowest BCUT2D eigenvalue weighted by atomic mass is 10.2. The highest BCUT2D eigenvalue weighted by atomic mass is 16.6. The number of nitrogens with zero attached hydrogens (tertiary/aromatic N) is 3. The van der Waals surface area contributed by atoms with E-state index < -0.39 is 0 Å². The lowest BCUT2D eigenvalue weighted by molar-refractivity contribution is 0.0904. The van der Waals surface area contributed by atoms with Gasteiger partial charge in [-0.15, -0.1) is 0 Å². The number of fused-ring (bicyclic) bond motifs is 1. The maximum absolute atomic E-state index is 12.2. The van der Waals surface area contributed by atoms with Gasteiger partial charge in [-0.1, -0.05) is 30.3 Å². The molecule has 1 aliphatic rings. The molecular formula is C17H15N3O4. The zero-order valence-electron chi connectivity index (χ0n) is 12.8. The maximum Gasteiger partial charge on any atom is 0.410 e. The second-order valence-electron chi connectivity index (χ2n) is 5.44. The van der Waals surface area contributed by atoms with Gasteiger partial charge in [0.2, 0.25) is 0 Å². The van der Waals surface area contributed by atoms with Crippen LogP contribution in [0, 0.1) is 0 Å². The van der Waals surface area contributed by atoms with Gasteiger partial charge in [-0.2, -0.15) is 0 Å². The summed E-state index contributed by atoms with van der Waals surface area (Å²) in [4.78, 5) is 22.2. The second kappa shape index (κ2) is 6.19. The Kier molecular flexibility index (Phi) is 3.74. The molecule has 0 unspecified atom stereocenters. The largest absolute Gasteiger partial charge is 0.445 e. The van der Waals surface area contributed by atoms with E-state index in [2.05, 4.69) is 9.97 Å². The number of oxazole rings is 2. The third kappa shape index (κ3) is 2.88. The summed E-state index contributed by atoms with van der Waals surface area (Å²) in [5.41, 5.74) is 1.67. The summed E-state index contributed by atoms with van der Waals surface area (Å²) in [7, 11) is 0. The maximum atomic E-state index is 12.2. The highest BCUT2D eigenvalue weighted by Crippen LogP contribution is 2.25. The average Bonchev–Trinajstić information content (AvgIpc) is 3.28. The zero-order valence-corrected chi connectivity index (χ0v) is 12.8. The Balaban J connectivity index is 1.41. The van der Waals surface area contributed by atoms with Gasteiger partial charge in [0.05, 0.1) is 12.7 Å². The van der Waals surface area contributed by atoms with Crippen molar-refractivity contribution < 1.29 is 18.4 Å². The Morgan fingerprint density at radius 2 is 2.12 bits per heavy atom. The van der Waals surface area contributed by atoms with Crippen LogP contribution in [0.15, 0.2) is 51.6 Å². The summed E-state index contributed by atoms with van der Waals surface area (Å²) in [6.07, 6.45) is 3.23. The lowest BCUT2D eigenvalue weighted by Crippen LogP contribution is -2.36. The zero-order chi connectivity index (χ0) is 16.4. The van der Waals surface area contributed by atoms with Crippen LogP contribution in [0.1, 0.15) is 17.0 Å². The van der Waals surface area contributed by atoms with Gasteiger partial charge in [0.25, 0.3) is 11.8 Å². The molecule has 3 aromatic rings. The SMILES string of the molecule is O=C(OCc1ccccc1)N1CCc2oc(-c3ncco3)nc2C1. The quantitative estimate of drug-likeness (QED) is 0.736. The van der Waals surface area contributed by atoms with E-state index in [9.17, 15) is 4.79 Å². The summed E-state index contributed by atoms with van der Waals surface area (Å²) in [6.45, 7) is 1.14. The standard InChI is InChI=1S/C17H15N3O4/c21-17(23-11-12-4-2-1-3-5-12)20-8-6-14-13(10-20)19-16(24-14)15-18-7-9-22-15/h1-5,7,9H,6,8,10-11H2. The number of ether oxygens (including phenoxy) is 1. The fourth-order valence-corrected chi connectivity index (χ4v) is 2.59. The first-order valence-electron chi connectivity index (χ1n) is 7.63. The molecule has 0 atom stereocenters. The molecule has 1 aliphatic heterocycles. The summed E-state index contributed by atoms with van der Waals surface area (Å²) < 4.78 is 16.2. The highest BCUT2D eigenvalue weighted by molar-refractivity contribution is 5.68. The number of carbonyl (C=O) groups is 1. The van der Waals surface area contributed by atoms with E-state index in [1.54, 1.807) is 4.90 Å². The van der Waals surface area contributed by atoms with Crippen molar-refractivity contribution >= 4 is 6.09 Å². The van der Waals surface area contributed by atoms with E-state index in [-0.39, 0.29) is 12.7 Å². The Morgan fingerprint density at radius 3 is 2.92 bits per heavy atom. The predicted molar refractivity (Wildman–Crippen MR) is 82.7 cm³/mol. The van der Waals surface area contributed by atoms with Crippen LogP contribution < -0.4 is 0 Å². The van der Waals surface area contributed by atoms with E-state index in [1.807, 2.05) is 30.3 Å². The van der Waals surface area contributed by atoms with Crippen LogP contribution in [-0.2, 0) is 24.3 Å². The van der Waals surface area contributed by atoms with E-state index >= 15 is 0 Å². The summed E-state index contributed by atoms with van der Waals surface area (Å²) >= 11 is 0. The molecule has 0 saturated carbocycles. The molecule has 7 heteroatoms. The number of aromatic nitrogens is 2. The number of hydrogen-bond acceptors (Lipinski definition) is 6. The van der Waals surface area contributed by atoms with Gasteiger partial charge >= 0.3 is 6.09 Å². The Bertz CT molecular complexity index is 827. The number of rotatable bonds is 3. The molecule has 0 bridgehead atoms. The molecule has 0 aliphatic carbocycles. The van der Waals surface area contributed by atoms with Gasteiger partial charge < -0.3 is 18.5 Å². The van der Waals surface area contributed by atoms with Gasteiger partial charge in [-0.3, -0.25) is 0 Å². The van der Waals surface area contributed by atoms with E-state index in [1.165, 1.54) is 12.5 Å². The predicted octanol–water partition coefficient (Wildman–Crippen LogP) is 3.02. The minimum Gasteiger partial charge on any atom is -0.445 e. The summed E-state index contributed by atoms with van der Waals surface area (Å²) in [5, 5.41) is 0. The first-order valence-corrected chi connectivity index (χ1v) is 7.63. The van der Waals surface area contributed by atoms with Crippen LogP contribution >= 0.6 is 0 Å². The molecule has 1 amide bonds. The molecule has 0 N–H and O–H groups in total. The van der Waals surface area contributed by atoms with Gasteiger partial charge in [-0.25, -0.2) is 14.8 Å². The summed E-state index contributed by atoms with van der Waals surface area (Å²) in [5.74, 6) is 1.43.